The summed E-state index contributed by atoms with van der Waals surface area (Å²) in [4.78, 5) is 23.5. The Morgan fingerprint density at radius 1 is 1.10 bits per heavy atom. The number of thiazole rings is 1. The normalized spacial score (nSPS) is 25.1. The summed E-state index contributed by atoms with van der Waals surface area (Å²) in [5, 5.41) is 16.1. The van der Waals surface area contributed by atoms with E-state index in [9.17, 15) is 9.90 Å². The maximum Gasteiger partial charge on any atom is 0.223 e. The fourth-order valence-electron chi connectivity index (χ4n) is 6.56. The van der Waals surface area contributed by atoms with E-state index >= 15 is 0 Å². The van der Waals surface area contributed by atoms with E-state index in [1.807, 2.05) is 18.3 Å². The van der Waals surface area contributed by atoms with Gasteiger partial charge in [0.25, 0.3) is 0 Å². The average molecular weight is 576 g/mol. The Kier molecular flexibility index (Phi) is 8.86. The quantitative estimate of drug-likeness (QED) is 0.309. The predicted molar refractivity (Wildman–Crippen MR) is 165 cm³/mol. The van der Waals surface area contributed by atoms with Gasteiger partial charge in [0.2, 0.25) is 5.91 Å². The van der Waals surface area contributed by atoms with Crippen LogP contribution in [0.1, 0.15) is 99.9 Å². The van der Waals surface area contributed by atoms with Gasteiger partial charge in [0.1, 0.15) is 11.4 Å². The number of rotatable bonds is 7. The van der Waals surface area contributed by atoms with Gasteiger partial charge < -0.3 is 15.2 Å². The third kappa shape index (κ3) is 6.67. The first-order chi connectivity index (χ1) is 19.6. The van der Waals surface area contributed by atoms with Crippen molar-refractivity contribution >= 4 is 17.2 Å². The Morgan fingerprint density at radius 2 is 1.83 bits per heavy atom. The number of aliphatic hydroxyl groups is 1. The molecule has 0 bridgehead atoms. The molecule has 3 aromatic rings. The molecule has 7 heteroatoms. The van der Waals surface area contributed by atoms with Crippen molar-refractivity contribution in [2.24, 2.45) is 11.8 Å². The summed E-state index contributed by atoms with van der Waals surface area (Å²) in [6.07, 6.45) is 10.6. The summed E-state index contributed by atoms with van der Waals surface area (Å²) in [5.41, 5.74) is 3.20. The number of methoxy groups -OCH3 is 1. The van der Waals surface area contributed by atoms with Crippen LogP contribution in [0.3, 0.4) is 0 Å². The van der Waals surface area contributed by atoms with Crippen molar-refractivity contribution in [2.75, 3.05) is 13.7 Å². The molecule has 2 aliphatic rings. The van der Waals surface area contributed by atoms with Gasteiger partial charge in [0.05, 0.1) is 22.7 Å². The molecule has 220 valence electrons. The molecule has 2 fully saturated rings. The van der Waals surface area contributed by atoms with Gasteiger partial charge in [-0.15, -0.1) is 11.3 Å². The van der Waals surface area contributed by atoms with Crippen molar-refractivity contribution in [1.29, 1.82) is 0 Å². The molecule has 2 aliphatic carbocycles. The van der Waals surface area contributed by atoms with Gasteiger partial charge in [-0.25, -0.2) is 4.98 Å². The maximum absolute atomic E-state index is 13.1. The number of aryl methyl sites for hydroxylation is 1. The van der Waals surface area contributed by atoms with Gasteiger partial charge in [-0.2, -0.15) is 0 Å². The molecule has 6 nitrogen and oxygen atoms in total. The second-order valence-corrected chi connectivity index (χ2v) is 14.2. The van der Waals surface area contributed by atoms with Gasteiger partial charge in [-0.05, 0) is 93.4 Å². The molecule has 1 aromatic carbocycles. The van der Waals surface area contributed by atoms with Gasteiger partial charge in [0, 0.05) is 35.8 Å². The van der Waals surface area contributed by atoms with Crippen molar-refractivity contribution in [2.45, 2.75) is 96.0 Å². The van der Waals surface area contributed by atoms with Crippen molar-refractivity contribution in [3.63, 3.8) is 0 Å². The molecule has 5 rings (SSSR count). The highest BCUT2D eigenvalue weighted by atomic mass is 32.1. The fraction of sp³-hybridized carbons (Fsp3) is 0.559. The molecular weight excluding hydrogens is 530 g/mol. The van der Waals surface area contributed by atoms with Gasteiger partial charge in [-0.1, -0.05) is 39.0 Å². The predicted octanol–water partition coefficient (Wildman–Crippen LogP) is 7.29. The second-order valence-electron chi connectivity index (χ2n) is 13.2. The number of carbonyl (C=O) groups is 1. The topological polar surface area (TPSA) is 84.3 Å². The molecule has 41 heavy (non-hydrogen) atoms. The van der Waals surface area contributed by atoms with Crippen LogP contribution in [-0.2, 0) is 15.8 Å². The third-order valence-corrected chi connectivity index (χ3v) is 10.6. The van der Waals surface area contributed by atoms with Crippen molar-refractivity contribution in [1.82, 2.24) is 15.3 Å². The fourth-order valence-corrected chi connectivity index (χ4v) is 7.56. The van der Waals surface area contributed by atoms with Crippen LogP contribution < -0.4 is 10.1 Å². The summed E-state index contributed by atoms with van der Waals surface area (Å²) in [6.45, 7) is 9.34. The number of pyridine rings is 1. The molecule has 2 aromatic heterocycles. The highest BCUT2D eigenvalue weighted by molar-refractivity contribution is 7.15. The first-order valence-corrected chi connectivity index (χ1v) is 16.0. The smallest absolute Gasteiger partial charge is 0.223 e. The van der Waals surface area contributed by atoms with E-state index < -0.39 is 5.60 Å². The Morgan fingerprint density at radius 3 is 2.46 bits per heavy atom. The number of nitrogens with zero attached hydrogens (tertiary/aromatic N) is 2. The molecule has 2 N–H and O–H groups in total. The molecule has 2 heterocycles. The Labute approximate surface area is 249 Å². The summed E-state index contributed by atoms with van der Waals surface area (Å²) in [5.74, 6) is 2.14. The summed E-state index contributed by atoms with van der Waals surface area (Å²) in [6, 6.07) is 10.5. The Bertz CT molecular complexity index is 1350. The first-order valence-electron chi connectivity index (χ1n) is 15.1. The van der Waals surface area contributed by atoms with E-state index in [4.69, 9.17) is 4.74 Å². The minimum Gasteiger partial charge on any atom is -0.496 e. The number of hydrogen-bond donors (Lipinski definition) is 2. The van der Waals surface area contributed by atoms with Crippen molar-refractivity contribution < 1.29 is 14.6 Å². The van der Waals surface area contributed by atoms with Crippen LogP contribution in [0, 0.1) is 18.8 Å². The van der Waals surface area contributed by atoms with Crippen LogP contribution in [-0.4, -0.2) is 34.6 Å². The molecule has 1 amide bonds. The van der Waals surface area contributed by atoms with Gasteiger partial charge >= 0.3 is 0 Å². The number of hydrogen-bond acceptors (Lipinski definition) is 6. The molecule has 0 radical (unpaired) electrons. The molecular formula is C34H45N3O3S. The zero-order valence-electron chi connectivity index (χ0n) is 25.2. The molecule has 0 atom stereocenters. The number of aromatic nitrogens is 2. The lowest BCUT2D eigenvalue weighted by atomic mass is 9.75. The van der Waals surface area contributed by atoms with E-state index in [1.165, 1.54) is 11.1 Å². The zero-order chi connectivity index (χ0) is 29.2. The molecule has 2 saturated carbocycles. The molecule has 0 spiro atoms. The number of nitrogens with one attached hydrogen (secondary N) is 1. The van der Waals surface area contributed by atoms with Crippen LogP contribution in [0.2, 0.25) is 0 Å². The maximum atomic E-state index is 13.1. The lowest BCUT2D eigenvalue weighted by Gasteiger charge is -2.36. The number of benzene rings is 1. The Balaban J connectivity index is 1.13. The van der Waals surface area contributed by atoms with E-state index in [1.54, 1.807) is 24.6 Å². The van der Waals surface area contributed by atoms with Crippen molar-refractivity contribution in [3.8, 4) is 16.2 Å². The van der Waals surface area contributed by atoms with Crippen LogP contribution in [0.25, 0.3) is 10.4 Å². The van der Waals surface area contributed by atoms with Crippen LogP contribution in [0.15, 0.2) is 42.7 Å². The summed E-state index contributed by atoms with van der Waals surface area (Å²) >= 11 is 1.66. The number of ether oxygens (including phenoxy) is 1. The summed E-state index contributed by atoms with van der Waals surface area (Å²) < 4.78 is 5.42. The van der Waals surface area contributed by atoms with Crippen LogP contribution in [0.4, 0.5) is 0 Å². The third-order valence-electron chi connectivity index (χ3n) is 9.15. The molecule has 0 aliphatic heterocycles. The first kappa shape index (κ1) is 29.7. The lowest BCUT2D eigenvalue weighted by Crippen LogP contribution is -2.40. The summed E-state index contributed by atoms with van der Waals surface area (Å²) in [7, 11) is 1.72. The lowest BCUT2D eigenvalue weighted by molar-refractivity contribution is -0.128. The SMILES string of the molecule is COc1ccc(C2CCC(CNC(=O)C3CCC(O)(c4ncccc4-c4cnc(C(C)(C)C)s4)CC3)CC2)cc1C. The Hall–Kier alpha value is -2.77. The largest absolute Gasteiger partial charge is 0.496 e. The van der Waals surface area contributed by atoms with E-state index in [-0.39, 0.29) is 17.2 Å². The average Bonchev–Trinajstić information content (AvgIpc) is 3.48. The zero-order valence-corrected chi connectivity index (χ0v) is 26.0. The van der Waals surface area contributed by atoms with Crippen LogP contribution in [0.5, 0.6) is 5.75 Å². The van der Waals surface area contributed by atoms with E-state index in [2.05, 4.69) is 61.2 Å². The number of carbonyl (C=O) groups excluding carboxylic acids is 1. The van der Waals surface area contributed by atoms with E-state index in [0.717, 1.165) is 53.4 Å². The van der Waals surface area contributed by atoms with Gasteiger partial charge in [0.15, 0.2) is 0 Å². The van der Waals surface area contributed by atoms with Crippen molar-refractivity contribution in [3.05, 3.63) is 64.6 Å². The molecule has 0 unspecified atom stereocenters. The highest BCUT2D eigenvalue weighted by Crippen LogP contribution is 2.44. The number of amides is 1. The van der Waals surface area contributed by atoms with Crippen LogP contribution >= 0.6 is 11.3 Å². The minimum absolute atomic E-state index is 0.0252. The van der Waals surface area contributed by atoms with Gasteiger partial charge in [-0.3, -0.25) is 9.78 Å². The minimum atomic E-state index is -1.03. The monoisotopic (exact) mass is 575 g/mol. The van der Waals surface area contributed by atoms with E-state index in [0.29, 0.717) is 43.2 Å². The highest BCUT2D eigenvalue weighted by Gasteiger charge is 2.40. The second kappa shape index (κ2) is 12.2. The molecule has 0 saturated heterocycles. The standard InChI is InChI=1S/C34H45N3O3S/c1-22-19-26(12-13-28(22)40-5)24-10-8-23(9-11-24)20-36-31(38)25-14-16-34(39,17-15-25)30-27(7-6-18-35-30)29-21-37-32(41-29)33(2,3)4/h6-7,12-13,18-19,21,23-25,39H,8-11,14-17,20H2,1-5H3,(H,36,38).